The van der Waals surface area contributed by atoms with E-state index in [9.17, 15) is 9.59 Å². The van der Waals surface area contributed by atoms with E-state index >= 15 is 0 Å². The maximum absolute atomic E-state index is 12.5. The van der Waals surface area contributed by atoms with E-state index in [1.807, 2.05) is 24.3 Å². The van der Waals surface area contributed by atoms with E-state index in [0.29, 0.717) is 12.5 Å². The van der Waals surface area contributed by atoms with Gasteiger partial charge in [0.2, 0.25) is 5.91 Å². The summed E-state index contributed by atoms with van der Waals surface area (Å²) in [5.74, 6) is 0.700. The molecule has 2 bridgehead atoms. The van der Waals surface area contributed by atoms with Crippen LogP contribution in [0.4, 0.5) is 5.69 Å². The molecule has 2 saturated heterocycles. The summed E-state index contributed by atoms with van der Waals surface area (Å²) in [6.45, 7) is 1.37. The van der Waals surface area contributed by atoms with Gasteiger partial charge < -0.3 is 10.6 Å². The van der Waals surface area contributed by atoms with Crippen molar-refractivity contribution in [2.75, 3.05) is 11.9 Å². The van der Waals surface area contributed by atoms with Gasteiger partial charge in [-0.25, -0.2) is 9.78 Å². The molecule has 1 aliphatic carbocycles. The molecule has 6 nitrogen and oxygen atoms in total. The molecule has 3 aliphatic rings. The van der Waals surface area contributed by atoms with Gasteiger partial charge in [0, 0.05) is 18.1 Å². The zero-order valence-electron chi connectivity index (χ0n) is 12.7. The second kappa shape index (κ2) is 5.31. The van der Waals surface area contributed by atoms with Crippen molar-refractivity contribution in [3.63, 3.8) is 0 Å². The van der Waals surface area contributed by atoms with E-state index in [1.54, 1.807) is 12.3 Å². The lowest BCUT2D eigenvalue weighted by Gasteiger charge is -2.35. The quantitative estimate of drug-likeness (QED) is 0.883. The van der Waals surface area contributed by atoms with Crippen LogP contribution < -0.4 is 16.3 Å². The first-order chi connectivity index (χ1) is 11.1. The summed E-state index contributed by atoms with van der Waals surface area (Å²) in [5, 5.41) is 6.32. The molecular weight excluding hydrogens is 292 g/mol. The number of anilines is 1. The van der Waals surface area contributed by atoms with Crippen molar-refractivity contribution in [3.8, 4) is 0 Å². The van der Waals surface area contributed by atoms with Crippen molar-refractivity contribution in [2.45, 2.75) is 24.9 Å². The summed E-state index contributed by atoms with van der Waals surface area (Å²) in [6.07, 6.45) is 5.05. The number of hydrogen-bond acceptors (Lipinski definition) is 4. The lowest BCUT2D eigenvalue weighted by molar-refractivity contribution is -0.124. The van der Waals surface area contributed by atoms with Crippen molar-refractivity contribution in [1.82, 2.24) is 14.9 Å². The number of rotatable bonds is 4. The molecule has 2 aromatic rings. The largest absolute Gasteiger partial charge is 0.347 e. The van der Waals surface area contributed by atoms with Gasteiger partial charge in [-0.1, -0.05) is 12.1 Å². The highest BCUT2D eigenvalue weighted by Crippen LogP contribution is 2.44. The van der Waals surface area contributed by atoms with Gasteiger partial charge in [0.15, 0.2) is 0 Å². The molecule has 1 aromatic carbocycles. The molecule has 2 N–H and O–H groups in total. The third kappa shape index (κ3) is 2.55. The maximum Gasteiger partial charge on any atom is 0.347 e. The SMILES string of the molecule is O=C(Nc1cccc(Cn2cccnc2=O)c1)C12CC(CN1)C2. The van der Waals surface area contributed by atoms with Crippen LogP contribution in [0.1, 0.15) is 18.4 Å². The number of nitrogens with zero attached hydrogens (tertiary/aromatic N) is 2. The highest BCUT2D eigenvalue weighted by atomic mass is 16.2. The number of carbonyl (C=O) groups is 1. The maximum atomic E-state index is 12.5. The highest BCUT2D eigenvalue weighted by molar-refractivity contribution is 5.99. The zero-order valence-corrected chi connectivity index (χ0v) is 12.7. The Hall–Kier alpha value is -2.47. The Morgan fingerprint density at radius 1 is 1.39 bits per heavy atom. The van der Waals surface area contributed by atoms with Crippen molar-refractivity contribution < 1.29 is 4.79 Å². The van der Waals surface area contributed by atoms with Crippen molar-refractivity contribution in [2.24, 2.45) is 5.92 Å². The molecule has 0 unspecified atom stereocenters. The Labute approximate surface area is 133 Å². The van der Waals surface area contributed by atoms with Crippen LogP contribution in [0.5, 0.6) is 0 Å². The van der Waals surface area contributed by atoms with Gasteiger partial charge in [-0.15, -0.1) is 0 Å². The topological polar surface area (TPSA) is 76.0 Å². The molecule has 6 heteroatoms. The molecule has 1 aromatic heterocycles. The average molecular weight is 310 g/mol. The van der Waals surface area contributed by atoms with Crippen LogP contribution in [0.25, 0.3) is 0 Å². The number of fused-ring (bicyclic) bond motifs is 1. The highest BCUT2D eigenvalue weighted by Gasteiger charge is 2.55. The number of aromatic nitrogens is 2. The van der Waals surface area contributed by atoms with E-state index in [2.05, 4.69) is 15.6 Å². The summed E-state index contributed by atoms with van der Waals surface area (Å²) in [5.41, 5.74) is 1.06. The molecular formula is C17H18N4O2. The van der Waals surface area contributed by atoms with E-state index in [-0.39, 0.29) is 17.1 Å². The number of hydrogen-bond donors (Lipinski definition) is 2. The van der Waals surface area contributed by atoms with E-state index in [4.69, 9.17) is 0 Å². The van der Waals surface area contributed by atoms with Crippen LogP contribution in [0.2, 0.25) is 0 Å². The zero-order chi connectivity index (χ0) is 15.9. The molecule has 1 amide bonds. The number of nitrogens with one attached hydrogen (secondary N) is 2. The Morgan fingerprint density at radius 2 is 2.26 bits per heavy atom. The lowest BCUT2D eigenvalue weighted by Crippen LogP contribution is -2.53. The molecule has 0 atom stereocenters. The third-order valence-corrected chi connectivity index (χ3v) is 4.76. The monoisotopic (exact) mass is 310 g/mol. The second-order valence-corrected chi connectivity index (χ2v) is 6.42. The van der Waals surface area contributed by atoms with Crippen LogP contribution in [-0.4, -0.2) is 27.5 Å². The van der Waals surface area contributed by atoms with Crippen LogP contribution in [0.15, 0.2) is 47.5 Å². The molecule has 2 aliphatic heterocycles. The van der Waals surface area contributed by atoms with E-state index < -0.39 is 0 Å². The first-order valence-corrected chi connectivity index (χ1v) is 7.82. The normalized spacial score (nSPS) is 25.0. The van der Waals surface area contributed by atoms with Gasteiger partial charge in [-0.05, 0) is 49.1 Å². The van der Waals surface area contributed by atoms with Gasteiger partial charge in [-0.3, -0.25) is 9.36 Å². The second-order valence-electron chi connectivity index (χ2n) is 6.42. The van der Waals surface area contributed by atoms with Crippen LogP contribution in [-0.2, 0) is 11.3 Å². The minimum atomic E-state index is -0.360. The lowest BCUT2D eigenvalue weighted by atomic mass is 9.73. The summed E-state index contributed by atoms with van der Waals surface area (Å²) >= 11 is 0. The Bertz CT molecular complexity index is 802. The third-order valence-electron chi connectivity index (χ3n) is 4.76. The summed E-state index contributed by atoms with van der Waals surface area (Å²) in [7, 11) is 0. The first kappa shape index (κ1) is 14.1. The molecule has 5 rings (SSSR count). The number of carbonyl (C=O) groups excluding carboxylic acids is 1. The van der Waals surface area contributed by atoms with Gasteiger partial charge in [0.25, 0.3) is 0 Å². The van der Waals surface area contributed by atoms with E-state index in [1.165, 1.54) is 10.8 Å². The van der Waals surface area contributed by atoms with Crippen LogP contribution in [0, 0.1) is 5.92 Å². The minimum Gasteiger partial charge on any atom is -0.324 e. The molecule has 3 fully saturated rings. The minimum absolute atomic E-state index is 0.0435. The smallest absolute Gasteiger partial charge is 0.324 e. The standard InChI is InChI=1S/C17H18N4O2/c22-15(17-8-13(9-17)10-19-17)20-14-4-1-3-12(7-14)11-21-6-2-5-18-16(21)23/h1-7,13,19H,8-11H2,(H,20,22). The van der Waals surface area contributed by atoms with Crippen molar-refractivity contribution in [3.05, 3.63) is 58.8 Å². The fourth-order valence-corrected chi connectivity index (χ4v) is 3.52. The van der Waals surface area contributed by atoms with Gasteiger partial charge >= 0.3 is 5.69 Å². The first-order valence-electron chi connectivity index (χ1n) is 7.82. The van der Waals surface area contributed by atoms with Gasteiger partial charge in [0.1, 0.15) is 0 Å². The van der Waals surface area contributed by atoms with Gasteiger partial charge in [-0.2, -0.15) is 0 Å². The fourth-order valence-electron chi connectivity index (χ4n) is 3.52. The fraction of sp³-hybridized carbons (Fsp3) is 0.353. The molecule has 23 heavy (non-hydrogen) atoms. The molecule has 1 saturated carbocycles. The van der Waals surface area contributed by atoms with Crippen LogP contribution in [0.3, 0.4) is 0 Å². The van der Waals surface area contributed by atoms with E-state index in [0.717, 1.165) is 30.6 Å². The molecule has 3 heterocycles. The van der Waals surface area contributed by atoms with Crippen molar-refractivity contribution in [1.29, 1.82) is 0 Å². The predicted molar refractivity (Wildman–Crippen MR) is 86.1 cm³/mol. The Balaban J connectivity index is 1.49. The predicted octanol–water partition coefficient (Wildman–Crippen LogP) is 0.982. The summed E-state index contributed by atoms with van der Waals surface area (Å²) < 4.78 is 1.54. The Kier molecular flexibility index (Phi) is 3.27. The number of benzene rings is 1. The molecule has 0 spiro atoms. The summed E-state index contributed by atoms with van der Waals surface area (Å²) in [6, 6.07) is 9.31. The van der Waals surface area contributed by atoms with Crippen LogP contribution >= 0.6 is 0 Å². The molecule has 118 valence electrons. The van der Waals surface area contributed by atoms with Crippen molar-refractivity contribution >= 4 is 11.6 Å². The number of amides is 1. The Morgan fingerprint density at radius 3 is 3.00 bits per heavy atom. The average Bonchev–Trinajstić information content (AvgIpc) is 3.11. The van der Waals surface area contributed by atoms with Gasteiger partial charge in [0.05, 0.1) is 12.1 Å². The summed E-state index contributed by atoms with van der Waals surface area (Å²) in [4.78, 5) is 27.9. The molecule has 0 radical (unpaired) electrons.